The van der Waals surface area contributed by atoms with Gasteiger partial charge in [0.15, 0.2) is 0 Å². The van der Waals surface area contributed by atoms with Crippen molar-refractivity contribution in [2.24, 2.45) is 0 Å². The van der Waals surface area contributed by atoms with Gasteiger partial charge in [0.25, 0.3) is 0 Å². The second kappa shape index (κ2) is 5.04. The maximum absolute atomic E-state index is 11.1. The fourth-order valence-electron chi connectivity index (χ4n) is 1.89. The number of aliphatic hydroxyl groups excluding tert-OH is 1. The molecule has 2 rings (SSSR count). The van der Waals surface area contributed by atoms with Gasteiger partial charge in [0.2, 0.25) is 0 Å². The summed E-state index contributed by atoms with van der Waals surface area (Å²) < 4.78 is 22.2. The van der Waals surface area contributed by atoms with Crippen molar-refractivity contribution in [3.05, 3.63) is 42.1 Å². The Hall–Kier alpha value is -1.46. The number of sulfone groups is 1. The molecule has 5 heteroatoms. The highest BCUT2D eigenvalue weighted by atomic mass is 32.2. The van der Waals surface area contributed by atoms with Crippen LogP contribution >= 0.6 is 0 Å². The highest BCUT2D eigenvalue weighted by Crippen LogP contribution is 2.24. The van der Waals surface area contributed by atoms with Crippen molar-refractivity contribution in [3.8, 4) is 0 Å². The van der Waals surface area contributed by atoms with E-state index in [0.717, 1.165) is 16.5 Å². The van der Waals surface area contributed by atoms with Crippen molar-refractivity contribution in [2.75, 3.05) is 12.0 Å². The third-order valence-electron chi connectivity index (χ3n) is 2.80. The monoisotopic (exact) mass is 265 g/mol. The van der Waals surface area contributed by atoms with Crippen LogP contribution in [0.4, 0.5) is 0 Å². The lowest BCUT2D eigenvalue weighted by Gasteiger charge is -2.12. The molecule has 1 aromatic carbocycles. The first-order chi connectivity index (χ1) is 8.47. The molecular formula is C13H15NO3S. The lowest BCUT2D eigenvalue weighted by atomic mass is 10.0. The standard InChI is InChI=1S/C13H15NO3S/c1-18(16,17)9-7-13(15)11-6-8-14-12-5-3-2-4-10(11)12/h2-6,8,13,15H,7,9H2,1H3. The molecule has 1 heterocycles. The van der Waals surface area contributed by atoms with E-state index in [2.05, 4.69) is 4.98 Å². The SMILES string of the molecule is CS(=O)(=O)CCC(O)c1ccnc2ccccc12. The van der Waals surface area contributed by atoms with Crippen LogP contribution in [-0.2, 0) is 9.84 Å². The van der Waals surface area contributed by atoms with Gasteiger partial charge < -0.3 is 5.11 Å². The number of benzene rings is 1. The molecule has 0 aliphatic heterocycles. The normalized spacial score (nSPS) is 13.7. The van der Waals surface area contributed by atoms with Crippen LogP contribution < -0.4 is 0 Å². The third-order valence-corrected chi connectivity index (χ3v) is 3.78. The minimum Gasteiger partial charge on any atom is -0.388 e. The minimum atomic E-state index is -3.06. The number of pyridine rings is 1. The molecule has 0 aliphatic carbocycles. The van der Waals surface area contributed by atoms with Gasteiger partial charge in [0, 0.05) is 17.8 Å². The van der Waals surface area contributed by atoms with Gasteiger partial charge in [-0.1, -0.05) is 18.2 Å². The summed E-state index contributed by atoms with van der Waals surface area (Å²) in [7, 11) is -3.06. The zero-order valence-electron chi connectivity index (χ0n) is 10.1. The van der Waals surface area contributed by atoms with Crippen molar-refractivity contribution < 1.29 is 13.5 Å². The Kier molecular flexibility index (Phi) is 3.63. The molecule has 0 radical (unpaired) electrons. The van der Waals surface area contributed by atoms with Gasteiger partial charge in [-0.25, -0.2) is 8.42 Å². The summed E-state index contributed by atoms with van der Waals surface area (Å²) in [6, 6.07) is 9.22. The molecule has 0 fully saturated rings. The number of fused-ring (bicyclic) bond motifs is 1. The molecule has 0 saturated carbocycles. The van der Waals surface area contributed by atoms with Crippen LogP contribution in [-0.4, -0.2) is 30.5 Å². The van der Waals surface area contributed by atoms with Gasteiger partial charge in [-0.05, 0) is 24.1 Å². The molecule has 96 valence electrons. The fourth-order valence-corrected chi connectivity index (χ4v) is 2.54. The van der Waals surface area contributed by atoms with Gasteiger partial charge >= 0.3 is 0 Å². The van der Waals surface area contributed by atoms with E-state index in [-0.39, 0.29) is 12.2 Å². The van der Waals surface area contributed by atoms with E-state index in [1.165, 1.54) is 6.26 Å². The first kappa shape index (κ1) is 13.0. The predicted octanol–water partition coefficient (Wildman–Crippen LogP) is 1.70. The molecule has 0 bridgehead atoms. The molecular weight excluding hydrogens is 250 g/mol. The first-order valence-corrected chi connectivity index (χ1v) is 7.73. The zero-order valence-corrected chi connectivity index (χ0v) is 10.9. The predicted molar refractivity (Wildman–Crippen MR) is 71.0 cm³/mol. The van der Waals surface area contributed by atoms with Crippen molar-refractivity contribution in [3.63, 3.8) is 0 Å². The van der Waals surface area contributed by atoms with E-state index in [0.29, 0.717) is 0 Å². The number of nitrogens with zero attached hydrogens (tertiary/aromatic N) is 1. The quantitative estimate of drug-likeness (QED) is 0.913. The number of rotatable bonds is 4. The Morgan fingerprint density at radius 3 is 2.72 bits per heavy atom. The molecule has 1 aromatic heterocycles. The maximum atomic E-state index is 11.1. The molecule has 0 amide bonds. The van der Waals surface area contributed by atoms with Gasteiger partial charge in [-0.3, -0.25) is 4.98 Å². The molecule has 0 saturated heterocycles. The van der Waals surface area contributed by atoms with Crippen LogP contribution in [0.25, 0.3) is 10.9 Å². The molecule has 18 heavy (non-hydrogen) atoms. The largest absolute Gasteiger partial charge is 0.388 e. The lowest BCUT2D eigenvalue weighted by Crippen LogP contribution is -2.08. The van der Waals surface area contributed by atoms with Crippen molar-refractivity contribution in [2.45, 2.75) is 12.5 Å². The Bertz CT molecular complexity index is 647. The molecule has 1 atom stereocenters. The average molecular weight is 265 g/mol. The number of hydrogen-bond donors (Lipinski definition) is 1. The van der Waals surface area contributed by atoms with Crippen LogP contribution in [0.3, 0.4) is 0 Å². The van der Waals surface area contributed by atoms with Crippen molar-refractivity contribution in [1.29, 1.82) is 0 Å². The Balaban J connectivity index is 2.30. The first-order valence-electron chi connectivity index (χ1n) is 5.67. The third kappa shape index (κ3) is 3.05. The fraction of sp³-hybridized carbons (Fsp3) is 0.308. The van der Waals surface area contributed by atoms with Crippen LogP contribution in [0.1, 0.15) is 18.1 Å². The average Bonchev–Trinajstić information content (AvgIpc) is 2.34. The molecule has 1 N–H and O–H groups in total. The van der Waals surface area contributed by atoms with Crippen molar-refractivity contribution >= 4 is 20.7 Å². The minimum absolute atomic E-state index is 0.0230. The van der Waals surface area contributed by atoms with Crippen LogP contribution in [0.2, 0.25) is 0 Å². The van der Waals surface area contributed by atoms with E-state index in [1.54, 1.807) is 12.3 Å². The van der Waals surface area contributed by atoms with Gasteiger partial charge in [-0.15, -0.1) is 0 Å². The topological polar surface area (TPSA) is 67.3 Å². The summed E-state index contributed by atoms with van der Waals surface area (Å²) in [4.78, 5) is 4.20. The van der Waals surface area contributed by atoms with Crippen LogP contribution in [0.5, 0.6) is 0 Å². The molecule has 2 aromatic rings. The molecule has 0 aliphatic rings. The summed E-state index contributed by atoms with van der Waals surface area (Å²) in [5.74, 6) is -0.0230. The molecule has 0 spiro atoms. The summed E-state index contributed by atoms with van der Waals surface area (Å²) in [6.07, 6.45) is 2.21. The van der Waals surface area contributed by atoms with Crippen LogP contribution in [0.15, 0.2) is 36.5 Å². The maximum Gasteiger partial charge on any atom is 0.147 e. The second-order valence-corrected chi connectivity index (χ2v) is 6.61. The van der Waals surface area contributed by atoms with Crippen molar-refractivity contribution in [1.82, 2.24) is 4.98 Å². The van der Waals surface area contributed by atoms with E-state index in [9.17, 15) is 13.5 Å². The number of para-hydroxylation sites is 1. The van der Waals surface area contributed by atoms with E-state index >= 15 is 0 Å². The molecule has 4 nitrogen and oxygen atoms in total. The van der Waals surface area contributed by atoms with Gasteiger partial charge in [0.05, 0.1) is 17.4 Å². The number of aromatic nitrogens is 1. The zero-order chi connectivity index (χ0) is 13.2. The second-order valence-electron chi connectivity index (χ2n) is 4.35. The van der Waals surface area contributed by atoms with E-state index < -0.39 is 15.9 Å². The Labute approximate surface area is 106 Å². The summed E-state index contributed by atoms with van der Waals surface area (Å²) in [5, 5.41) is 11.0. The lowest BCUT2D eigenvalue weighted by molar-refractivity contribution is 0.176. The van der Waals surface area contributed by atoms with Gasteiger partial charge in [0.1, 0.15) is 9.84 Å². The Morgan fingerprint density at radius 2 is 2.00 bits per heavy atom. The highest BCUT2D eigenvalue weighted by molar-refractivity contribution is 7.90. The summed E-state index contributed by atoms with van der Waals surface area (Å²) in [6.45, 7) is 0. The number of aliphatic hydroxyl groups is 1. The van der Waals surface area contributed by atoms with Crippen LogP contribution in [0, 0.1) is 0 Å². The number of hydrogen-bond acceptors (Lipinski definition) is 4. The summed E-state index contributed by atoms with van der Waals surface area (Å²) >= 11 is 0. The molecule has 1 unspecified atom stereocenters. The van der Waals surface area contributed by atoms with E-state index in [4.69, 9.17) is 0 Å². The van der Waals surface area contributed by atoms with Gasteiger partial charge in [-0.2, -0.15) is 0 Å². The Morgan fingerprint density at radius 1 is 1.28 bits per heavy atom. The smallest absolute Gasteiger partial charge is 0.147 e. The van der Waals surface area contributed by atoms with E-state index in [1.807, 2.05) is 24.3 Å². The highest BCUT2D eigenvalue weighted by Gasteiger charge is 2.14. The summed E-state index contributed by atoms with van der Waals surface area (Å²) in [5.41, 5.74) is 1.53.